The molecule has 6 nitrogen and oxygen atoms in total. The average Bonchev–Trinajstić information content (AvgIpc) is 3.12. The number of benzene rings is 1. The Bertz CT molecular complexity index is 1030. The van der Waals surface area contributed by atoms with Crippen molar-refractivity contribution in [2.45, 2.75) is 32.1 Å². The number of aromatic hydroxyl groups is 1. The third-order valence-electron chi connectivity index (χ3n) is 4.48. The van der Waals surface area contributed by atoms with E-state index >= 15 is 0 Å². The van der Waals surface area contributed by atoms with Crippen LogP contribution in [-0.2, 0) is 16.1 Å². The van der Waals surface area contributed by atoms with Crippen molar-refractivity contribution in [3.63, 3.8) is 0 Å². The highest BCUT2D eigenvalue weighted by atomic mass is 35.5. The van der Waals surface area contributed by atoms with Gasteiger partial charge in [-0.2, -0.15) is 0 Å². The van der Waals surface area contributed by atoms with Crippen LogP contribution in [0.3, 0.4) is 0 Å². The number of nitrogens with zero attached hydrogens (tertiary/aromatic N) is 3. The molecule has 1 aromatic carbocycles. The van der Waals surface area contributed by atoms with Crippen LogP contribution < -0.4 is 4.90 Å². The SMILES string of the molecule is CCn1c(O)c(C=NCCS[C@@H]2CC(=O)N(c3ccc(C)c(Cl)c3)C2=O)sc1=S. The first kappa shape index (κ1) is 22.0. The van der Waals surface area contributed by atoms with E-state index < -0.39 is 5.25 Å². The van der Waals surface area contributed by atoms with Gasteiger partial charge in [-0.25, -0.2) is 4.90 Å². The molecule has 2 amide bonds. The standard InChI is InChI=1S/C19H20ClN3O3S3/c1-3-22-17(25)15(29-19(22)27)10-21-6-7-28-14-9-16(24)23(18(14)26)12-5-4-11(2)13(20)8-12/h4-5,8,10,14,25H,3,6-7,9H2,1-2H3/t14-/m1/s1. The summed E-state index contributed by atoms with van der Waals surface area (Å²) in [7, 11) is 0. The number of aromatic nitrogens is 1. The number of thiazole rings is 1. The maximum atomic E-state index is 12.7. The van der Waals surface area contributed by atoms with Gasteiger partial charge in [0.05, 0.1) is 10.9 Å². The zero-order valence-electron chi connectivity index (χ0n) is 15.9. The molecule has 154 valence electrons. The van der Waals surface area contributed by atoms with E-state index in [9.17, 15) is 14.7 Å². The van der Waals surface area contributed by atoms with Gasteiger partial charge in [0.25, 0.3) is 0 Å². The Morgan fingerprint density at radius 1 is 1.45 bits per heavy atom. The fourth-order valence-electron chi connectivity index (χ4n) is 2.90. The minimum atomic E-state index is -0.422. The molecule has 0 bridgehead atoms. The molecule has 0 aliphatic carbocycles. The van der Waals surface area contributed by atoms with Crippen LogP contribution in [0.25, 0.3) is 0 Å². The first-order valence-electron chi connectivity index (χ1n) is 9.00. The number of anilines is 1. The molecule has 0 unspecified atom stereocenters. The van der Waals surface area contributed by atoms with Gasteiger partial charge in [0, 0.05) is 36.5 Å². The molecule has 10 heteroatoms. The van der Waals surface area contributed by atoms with E-state index in [1.54, 1.807) is 29.0 Å². The van der Waals surface area contributed by atoms with E-state index in [2.05, 4.69) is 4.99 Å². The van der Waals surface area contributed by atoms with Crippen LogP contribution in [0.15, 0.2) is 23.2 Å². The van der Waals surface area contributed by atoms with Gasteiger partial charge in [0.15, 0.2) is 3.95 Å². The van der Waals surface area contributed by atoms with E-state index in [0.717, 1.165) is 5.56 Å². The Labute approximate surface area is 187 Å². The lowest BCUT2D eigenvalue weighted by atomic mass is 10.2. The van der Waals surface area contributed by atoms with Crippen molar-refractivity contribution in [1.82, 2.24) is 4.57 Å². The Hall–Kier alpha value is -1.68. The van der Waals surface area contributed by atoms with E-state index in [0.29, 0.717) is 38.4 Å². The predicted molar refractivity (Wildman–Crippen MR) is 122 cm³/mol. The number of rotatable bonds is 7. The van der Waals surface area contributed by atoms with Crippen molar-refractivity contribution >= 4 is 70.6 Å². The fourth-order valence-corrected chi connectivity index (χ4v) is 5.40. The summed E-state index contributed by atoms with van der Waals surface area (Å²) in [5, 5.41) is 10.2. The van der Waals surface area contributed by atoms with Gasteiger partial charge >= 0.3 is 0 Å². The molecule has 1 saturated heterocycles. The quantitative estimate of drug-likeness (QED) is 0.280. The van der Waals surface area contributed by atoms with Gasteiger partial charge in [0.2, 0.25) is 17.7 Å². The number of carbonyl (C=O) groups is 2. The molecule has 0 spiro atoms. The summed E-state index contributed by atoms with van der Waals surface area (Å²) < 4.78 is 2.25. The Morgan fingerprint density at radius 3 is 2.86 bits per heavy atom. The second-order valence-corrected chi connectivity index (χ2v) is 9.79. The lowest BCUT2D eigenvalue weighted by Gasteiger charge is -2.15. The van der Waals surface area contributed by atoms with Crippen LogP contribution in [0.4, 0.5) is 5.69 Å². The number of hydrogen-bond donors (Lipinski definition) is 1. The van der Waals surface area contributed by atoms with Gasteiger partial charge in [-0.15, -0.1) is 11.8 Å². The summed E-state index contributed by atoms with van der Waals surface area (Å²) in [6.45, 7) is 4.85. The van der Waals surface area contributed by atoms with Crippen LogP contribution in [0, 0.1) is 10.9 Å². The highest BCUT2D eigenvalue weighted by Crippen LogP contribution is 2.32. The van der Waals surface area contributed by atoms with Gasteiger partial charge in [-0.3, -0.25) is 19.1 Å². The van der Waals surface area contributed by atoms with Gasteiger partial charge in [-0.05, 0) is 43.8 Å². The molecule has 2 heterocycles. The molecule has 1 aliphatic heterocycles. The molecule has 2 aromatic rings. The first-order valence-corrected chi connectivity index (χ1v) is 11.7. The van der Waals surface area contributed by atoms with Gasteiger partial charge in [0.1, 0.15) is 4.88 Å². The molecule has 1 N–H and O–H groups in total. The third-order valence-corrected chi connectivity index (χ3v) is 7.45. The van der Waals surface area contributed by atoms with Crippen molar-refractivity contribution in [2.24, 2.45) is 4.99 Å². The average molecular weight is 470 g/mol. The highest BCUT2D eigenvalue weighted by molar-refractivity contribution is 8.00. The molecular formula is C19H20ClN3O3S3. The normalized spacial score (nSPS) is 17.1. The number of aryl methyl sites for hydroxylation is 1. The topological polar surface area (TPSA) is 74.9 Å². The predicted octanol–water partition coefficient (Wildman–Crippen LogP) is 4.45. The Morgan fingerprint density at radius 2 is 2.21 bits per heavy atom. The third kappa shape index (κ3) is 4.74. The fraction of sp³-hybridized carbons (Fsp3) is 0.368. The smallest absolute Gasteiger partial charge is 0.247 e. The first-order chi connectivity index (χ1) is 13.8. The largest absolute Gasteiger partial charge is 0.493 e. The van der Waals surface area contributed by atoms with E-state index in [4.69, 9.17) is 23.8 Å². The van der Waals surface area contributed by atoms with Crippen molar-refractivity contribution in [3.8, 4) is 5.88 Å². The minimum absolute atomic E-state index is 0.128. The van der Waals surface area contributed by atoms with Gasteiger partial charge in [-0.1, -0.05) is 29.0 Å². The lowest BCUT2D eigenvalue weighted by molar-refractivity contribution is -0.121. The molecule has 1 aliphatic rings. The van der Waals surface area contributed by atoms with Crippen LogP contribution in [0.5, 0.6) is 5.88 Å². The second-order valence-electron chi connectivity index (χ2n) is 6.40. The summed E-state index contributed by atoms with van der Waals surface area (Å²) >= 11 is 14.0. The molecule has 0 radical (unpaired) electrons. The maximum Gasteiger partial charge on any atom is 0.247 e. The van der Waals surface area contributed by atoms with Crippen molar-refractivity contribution < 1.29 is 14.7 Å². The Kier molecular flexibility index (Phi) is 7.15. The van der Waals surface area contributed by atoms with Crippen molar-refractivity contribution in [2.75, 3.05) is 17.2 Å². The number of thioether (sulfide) groups is 1. The molecular weight excluding hydrogens is 450 g/mol. The number of halogens is 1. The van der Waals surface area contributed by atoms with Gasteiger partial charge < -0.3 is 5.11 Å². The van der Waals surface area contributed by atoms with Crippen LogP contribution >= 0.6 is 46.9 Å². The summed E-state index contributed by atoms with van der Waals surface area (Å²) in [6.07, 6.45) is 1.77. The monoisotopic (exact) mass is 469 g/mol. The van der Waals surface area contributed by atoms with Crippen LogP contribution in [-0.4, -0.2) is 45.3 Å². The van der Waals surface area contributed by atoms with Crippen LogP contribution in [0.2, 0.25) is 5.02 Å². The molecule has 0 saturated carbocycles. The van der Waals surface area contributed by atoms with E-state index in [1.807, 2.05) is 13.8 Å². The maximum absolute atomic E-state index is 12.7. The number of hydrogen-bond acceptors (Lipinski definition) is 7. The molecule has 3 rings (SSSR count). The summed E-state index contributed by atoms with van der Waals surface area (Å²) in [6, 6.07) is 5.18. The summed E-state index contributed by atoms with van der Waals surface area (Å²) in [5.74, 6) is 0.271. The van der Waals surface area contributed by atoms with Crippen molar-refractivity contribution in [3.05, 3.63) is 37.6 Å². The summed E-state index contributed by atoms with van der Waals surface area (Å²) in [4.78, 5) is 31.2. The highest BCUT2D eigenvalue weighted by Gasteiger charge is 2.39. The number of imide groups is 1. The lowest BCUT2D eigenvalue weighted by Crippen LogP contribution is -2.31. The van der Waals surface area contributed by atoms with E-state index in [1.165, 1.54) is 28.0 Å². The number of amides is 2. The second kappa shape index (κ2) is 9.42. The molecule has 1 atom stereocenters. The number of carbonyl (C=O) groups excluding carboxylic acids is 2. The van der Waals surface area contributed by atoms with Crippen LogP contribution in [0.1, 0.15) is 23.8 Å². The minimum Gasteiger partial charge on any atom is -0.493 e. The summed E-state index contributed by atoms with van der Waals surface area (Å²) in [5.41, 5.74) is 1.40. The molecule has 1 aromatic heterocycles. The zero-order chi connectivity index (χ0) is 21.1. The molecule has 1 fully saturated rings. The zero-order valence-corrected chi connectivity index (χ0v) is 19.1. The molecule has 29 heavy (non-hydrogen) atoms. The Balaban J connectivity index is 1.56. The van der Waals surface area contributed by atoms with E-state index in [-0.39, 0.29) is 24.1 Å². The van der Waals surface area contributed by atoms with Crippen molar-refractivity contribution in [1.29, 1.82) is 0 Å². The number of aliphatic imine (C=N–C) groups is 1.